The normalized spacial score (nSPS) is 18.4. The van der Waals surface area contributed by atoms with Crippen LogP contribution in [0.4, 0.5) is 0 Å². The molecule has 0 unspecified atom stereocenters. The minimum atomic E-state index is -1.20. The standard InChI is InChI=1S/C7H11NO4/c9-3-5(7(11)12)8-6(10)4-1-2-4/h4-5,9H,1-3H2,(H,8,10)(H,11,12)/t5-/m1/s1. The Labute approximate surface area is 69.4 Å². The summed E-state index contributed by atoms with van der Waals surface area (Å²) in [6.07, 6.45) is 1.65. The Balaban J connectivity index is 2.35. The molecule has 1 amide bonds. The van der Waals surface area contributed by atoms with E-state index < -0.39 is 18.6 Å². The van der Waals surface area contributed by atoms with Crippen LogP contribution in [0, 0.1) is 5.92 Å². The van der Waals surface area contributed by atoms with E-state index in [0.717, 1.165) is 12.8 Å². The zero-order valence-corrected chi connectivity index (χ0v) is 6.49. The molecule has 68 valence electrons. The molecule has 5 heteroatoms. The van der Waals surface area contributed by atoms with Gasteiger partial charge in [0, 0.05) is 5.92 Å². The van der Waals surface area contributed by atoms with Gasteiger partial charge in [0.15, 0.2) is 0 Å². The second-order valence-corrected chi connectivity index (χ2v) is 2.86. The van der Waals surface area contributed by atoms with E-state index in [1.165, 1.54) is 0 Å². The predicted molar refractivity (Wildman–Crippen MR) is 39.4 cm³/mol. The van der Waals surface area contributed by atoms with Crippen LogP contribution in [0.5, 0.6) is 0 Å². The number of hydrogen-bond acceptors (Lipinski definition) is 3. The average molecular weight is 173 g/mol. The molecule has 0 bridgehead atoms. The van der Waals surface area contributed by atoms with Crippen molar-refractivity contribution < 1.29 is 19.8 Å². The summed E-state index contributed by atoms with van der Waals surface area (Å²) in [5.41, 5.74) is 0. The van der Waals surface area contributed by atoms with Gasteiger partial charge in [0.2, 0.25) is 5.91 Å². The van der Waals surface area contributed by atoms with Gasteiger partial charge in [-0.1, -0.05) is 0 Å². The van der Waals surface area contributed by atoms with Crippen molar-refractivity contribution in [2.45, 2.75) is 18.9 Å². The lowest BCUT2D eigenvalue weighted by Gasteiger charge is -2.10. The number of carboxylic acids is 1. The third-order valence-electron chi connectivity index (χ3n) is 1.75. The number of aliphatic hydroxyl groups is 1. The van der Waals surface area contributed by atoms with Crippen molar-refractivity contribution in [3.8, 4) is 0 Å². The quantitative estimate of drug-likeness (QED) is 0.506. The van der Waals surface area contributed by atoms with E-state index in [4.69, 9.17) is 10.2 Å². The minimum absolute atomic E-state index is 0.0293. The molecule has 1 aliphatic carbocycles. The summed E-state index contributed by atoms with van der Waals surface area (Å²) in [5, 5.41) is 19.2. The van der Waals surface area contributed by atoms with Gasteiger partial charge in [-0.2, -0.15) is 0 Å². The van der Waals surface area contributed by atoms with E-state index in [1.54, 1.807) is 0 Å². The van der Waals surface area contributed by atoms with E-state index in [2.05, 4.69) is 5.32 Å². The number of aliphatic hydroxyl groups excluding tert-OH is 1. The molecule has 0 aromatic heterocycles. The van der Waals surface area contributed by atoms with E-state index in [-0.39, 0.29) is 11.8 Å². The number of carboxylic acid groups (broad SMARTS) is 1. The summed E-state index contributed by atoms with van der Waals surface area (Å²) in [7, 11) is 0. The number of nitrogens with one attached hydrogen (secondary N) is 1. The number of carbonyl (C=O) groups excluding carboxylic acids is 1. The molecule has 5 nitrogen and oxygen atoms in total. The molecule has 0 aromatic carbocycles. The SMILES string of the molecule is O=C(N[C@H](CO)C(=O)O)C1CC1. The molecule has 1 aliphatic rings. The van der Waals surface area contributed by atoms with Gasteiger partial charge in [-0.3, -0.25) is 4.79 Å². The Bertz CT molecular complexity index is 200. The molecule has 1 saturated carbocycles. The molecule has 1 fully saturated rings. The fraction of sp³-hybridized carbons (Fsp3) is 0.714. The lowest BCUT2D eigenvalue weighted by Crippen LogP contribution is -2.43. The summed E-state index contributed by atoms with van der Waals surface area (Å²) >= 11 is 0. The van der Waals surface area contributed by atoms with Gasteiger partial charge in [-0.15, -0.1) is 0 Å². The second-order valence-electron chi connectivity index (χ2n) is 2.86. The highest BCUT2D eigenvalue weighted by molar-refractivity contribution is 5.86. The molecule has 0 heterocycles. The van der Waals surface area contributed by atoms with Gasteiger partial charge in [-0.25, -0.2) is 4.79 Å². The monoisotopic (exact) mass is 173 g/mol. The van der Waals surface area contributed by atoms with Gasteiger partial charge in [0.05, 0.1) is 6.61 Å². The van der Waals surface area contributed by atoms with Gasteiger partial charge >= 0.3 is 5.97 Å². The first-order chi connectivity index (χ1) is 5.65. The van der Waals surface area contributed by atoms with E-state index in [9.17, 15) is 9.59 Å². The van der Waals surface area contributed by atoms with Gasteiger partial charge in [-0.05, 0) is 12.8 Å². The molecule has 12 heavy (non-hydrogen) atoms. The van der Waals surface area contributed by atoms with Crippen molar-refractivity contribution >= 4 is 11.9 Å². The Morgan fingerprint density at radius 2 is 2.08 bits per heavy atom. The molecule has 1 atom stereocenters. The first-order valence-electron chi connectivity index (χ1n) is 3.79. The highest BCUT2D eigenvalue weighted by Crippen LogP contribution is 2.28. The summed E-state index contributed by atoms with van der Waals surface area (Å²) in [6, 6.07) is -1.15. The van der Waals surface area contributed by atoms with E-state index in [0.29, 0.717) is 0 Å². The number of hydrogen-bond donors (Lipinski definition) is 3. The van der Waals surface area contributed by atoms with Crippen molar-refractivity contribution in [1.82, 2.24) is 5.32 Å². The first-order valence-corrected chi connectivity index (χ1v) is 3.79. The van der Waals surface area contributed by atoms with Gasteiger partial charge in [0.25, 0.3) is 0 Å². The van der Waals surface area contributed by atoms with Crippen molar-refractivity contribution in [1.29, 1.82) is 0 Å². The van der Waals surface area contributed by atoms with Crippen LogP contribution in [0.25, 0.3) is 0 Å². The molecule has 1 rings (SSSR count). The van der Waals surface area contributed by atoms with Gasteiger partial charge in [0.1, 0.15) is 6.04 Å². The molecule has 0 aromatic rings. The summed E-state index contributed by atoms with van der Waals surface area (Å²) < 4.78 is 0. The lowest BCUT2D eigenvalue weighted by molar-refractivity contribution is -0.143. The molecule has 0 radical (unpaired) electrons. The zero-order chi connectivity index (χ0) is 9.14. The highest BCUT2D eigenvalue weighted by atomic mass is 16.4. The zero-order valence-electron chi connectivity index (χ0n) is 6.49. The topological polar surface area (TPSA) is 86.6 Å². The minimum Gasteiger partial charge on any atom is -0.480 e. The van der Waals surface area contributed by atoms with Crippen LogP contribution in [0.1, 0.15) is 12.8 Å². The molecular weight excluding hydrogens is 162 g/mol. The Morgan fingerprint density at radius 3 is 2.42 bits per heavy atom. The van der Waals surface area contributed by atoms with Crippen LogP contribution >= 0.6 is 0 Å². The maximum atomic E-state index is 11.0. The van der Waals surface area contributed by atoms with Crippen LogP contribution in [-0.4, -0.2) is 34.7 Å². The van der Waals surface area contributed by atoms with Crippen LogP contribution < -0.4 is 5.32 Å². The summed E-state index contributed by atoms with van der Waals surface area (Å²) in [4.78, 5) is 21.3. The third kappa shape index (κ3) is 2.20. The Hall–Kier alpha value is -1.10. The van der Waals surface area contributed by atoms with Crippen molar-refractivity contribution in [3.63, 3.8) is 0 Å². The molecule has 0 saturated heterocycles. The number of carbonyl (C=O) groups is 2. The Morgan fingerprint density at radius 1 is 1.50 bits per heavy atom. The number of amides is 1. The third-order valence-corrected chi connectivity index (χ3v) is 1.75. The lowest BCUT2D eigenvalue weighted by atomic mass is 10.3. The molecule has 3 N–H and O–H groups in total. The average Bonchev–Trinajstić information content (AvgIpc) is 2.80. The maximum Gasteiger partial charge on any atom is 0.328 e. The van der Waals surface area contributed by atoms with Gasteiger partial charge < -0.3 is 15.5 Å². The summed E-state index contributed by atoms with van der Waals surface area (Å²) in [5.74, 6) is -1.50. The van der Waals surface area contributed by atoms with Crippen molar-refractivity contribution in [3.05, 3.63) is 0 Å². The van der Waals surface area contributed by atoms with Crippen LogP contribution in [0.15, 0.2) is 0 Å². The maximum absolute atomic E-state index is 11.0. The number of rotatable bonds is 4. The fourth-order valence-corrected chi connectivity index (χ4v) is 0.821. The van der Waals surface area contributed by atoms with Crippen molar-refractivity contribution in [2.75, 3.05) is 6.61 Å². The molecule has 0 aliphatic heterocycles. The predicted octanol–water partition coefficient (Wildman–Crippen LogP) is -1.04. The molecule has 0 spiro atoms. The van der Waals surface area contributed by atoms with Crippen molar-refractivity contribution in [2.24, 2.45) is 5.92 Å². The van der Waals surface area contributed by atoms with E-state index in [1.807, 2.05) is 0 Å². The first kappa shape index (κ1) is 8.99. The van der Waals surface area contributed by atoms with Crippen LogP contribution in [-0.2, 0) is 9.59 Å². The molecular formula is C7H11NO4. The van der Waals surface area contributed by atoms with Crippen LogP contribution in [0.2, 0.25) is 0 Å². The van der Waals surface area contributed by atoms with E-state index >= 15 is 0 Å². The smallest absolute Gasteiger partial charge is 0.328 e. The highest BCUT2D eigenvalue weighted by Gasteiger charge is 2.32. The van der Waals surface area contributed by atoms with Crippen LogP contribution in [0.3, 0.4) is 0 Å². The number of aliphatic carboxylic acids is 1. The fourth-order valence-electron chi connectivity index (χ4n) is 0.821. The summed E-state index contributed by atoms with van der Waals surface area (Å²) in [6.45, 7) is -0.562. The Kier molecular flexibility index (Phi) is 2.65. The second kappa shape index (κ2) is 3.53. The largest absolute Gasteiger partial charge is 0.480 e.